The zero-order chi connectivity index (χ0) is 12.5. The number of hydrogen-bond acceptors (Lipinski definition) is 1. The van der Waals surface area contributed by atoms with Gasteiger partial charge in [-0.1, -0.05) is 12.1 Å². The minimum Gasteiger partial charge on any atom is -0.314 e. The second-order valence-electron chi connectivity index (χ2n) is 4.70. The Balaban J connectivity index is 0.00000162. The Hall–Kier alpha value is -0.740. The van der Waals surface area contributed by atoms with Crippen molar-refractivity contribution in [2.75, 3.05) is 6.54 Å². The normalized spacial score (nSPS) is 24.4. The maximum Gasteiger partial charge on any atom is 0.416 e. The van der Waals surface area contributed by atoms with E-state index in [0.717, 1.165) is 24.9 Å². The monoisotopic (exact) mass is 279 g/mol. The molecule has 1 saturated heterocycles. The van der Waals surface area contributed by atoms with Gasteiger partial charge in [0.15, 0.2) is 0 Å². The van der Waals surface area contributed by atoms with E-state index in [1.54, 1.807) is 12.1 Å². The lowest BCUT2D eigenvalue weighted by Crippen LogP contribution is -2.34. The Kier molecular flexibility index (Phi) is 5.05. The second kappa shape index (κ2) is 5.93. The molecular formula is C13H17ClF3N. The minimum atomic E-state index is -4.24. The summed E-state index contributed by atoms with van der Waals surface area (Å²) in [4.78, 5) is 0. The molecule has 1 aliphatic rings. The summed E-state index contributed by atoms with van der Waals surface area (Å²) in [6.07, 6.45) is -2.25. The highest BCUT2D eigenvalue weighted by molar-refractivity contribution is 5.85. The fourth-order valence-electron chi connectivity index (χ4n) is 2.38. The zero-order valence-electron chi connectivity index (χ0n) is 10.1. The van der Waals surface area contributed by atoms with E-state index < -0.39 is 11.7 Å². The molecule has 0 aliphatic carbocycles. The zero-order valence-corrected chi connectivity index (χ0v) is 10.9. The van der Waals surface area contributed by atoms with Crippen molar-refractivity contribution < 1.29 is 13.2 Å². The Bertz CT molecular complexity index is 375. The highest BCUT2D eigenvalue weighted by Gasteiger charge is 2.30. The number of hydrogen-bond donors (Lipinski definition) is 1. The van der Waals surface area contributed by atoms with Crippen molar-refractivity contribution in [2.24, 2.45) is 0 Å². The van der Waals surface area contributed by atoms with Crippen LogP contribution >= 0.6 is 12.4 Å². The van der Waals surface area contributed by atoms with Gasteiger partial charge in [0, 0.05) is 6.04 Å². The summed E-state index contributed by atoms with van der Waals surface area (Å²) in [6.45, 7) is 3.04. The van der Waals surface area contributed by atoms with Crippen LogP contribution in [-0.2, 0) is 6.18 Å². The molecule has 0 saturated carbocycles. The Labute approximate surface area is 111 Å². The van der Waals surface area contributed by atoms with Crippen molar-refractivity contribution in [3.05, 3.63) is 35.4 Å². The van der Waals surface area contributed by atoms with E-state index in [9.17, 15) is 13.2 Å². The van der Waals surface area contributed by atoms with Crippen LogP contribution in [0.5, 0.6) is 0 Å². The molecule has 0 unspecified atom stereocenters. The van der Waals surface area contributed by atoms with Crippen LogP contribution in [0.3, 0.4) is 0 Å². The molecule has 0 amide bonds. The van der Waals surface area contributed by atoms with Crippen LogP contribution in [0, 0.1) is 0 Å². The van der Waals surface area contributed by atoms with Gasteiger partial charge in [0.05, 0.1) is 5.56 Å². The van der Waals surface area contributed by atoms with Gasteiger partial charge in [0.1, 0.15) is 0 Å². The van der Waals surface area contributed by atoms with Gasteiger partial charge in [-0.25, -0.2) is 0 Å². The standard InChI is InChI=1S/C13H16F3N.ClH/c1-9-8-11(6-7-17-9)10-2-4-12(5-3-10)13(14,15)16;/h2-5,9,11,17H,6-8H2,1H3;1H/t9-,11-;/m1./s1. The molecular weight excluding hydrogens is 263 g/mol. The van der Waals surface area contributed by atoms with E-state index in [2.05, 4.69) is 12.2 Å². The van der Waals surface area contributed by atoms with Crippen LogP contribution in [0.2, 0.25) is 0 Å². The van der Waals surface area contributed by atoms with Crippen LogP contribution < -0.4 is 5.32 Å². The minimum absolute atomic E-state index is 0. The fourth-order valence-corrected chi connectivity index (χ4v) is 2.38. The van der Waals surface area contributed by atoms with Gasteiger partial charge in [-0.2, -0.15) is 13.2 Å². The molecule has 102 valence electrons. The molecule has 18 heavy (non-hydrogen) atoms. The van der Waals surface area contributed by atoms with E-state index in [-0.39, 0.29) is 12.4 Å². The van der Waals surface area contributed by atoms with Gasteiger partial charge in [0.2, 0.25) is 0 Å². The maximum absolute atomic E-state index is 12.4. The molecule has 2 rings (SSSR count). The van der Waals surface area contributed by atoms with Crippen molar-refractivity contribution >= 4 is 12.4 Å². The van der Waals surface area contributed by atoms with Crippen molar-refractivity contribution in [3.63, 3.8) is 0 Å². The summed E-state index contributed by atoms with van der Waals surface area (Å²) in [5.41, 5.74) is 0.453. The van der Waals surface area contributed by atoms with E-state index in [4.69, 9.17) is 0 Å². The molecule has 0 aromatic heterocycles. The second-order valence-corrected chi connectivity index (χ2v) is 4.70. The first kappa shape index (κ1) is 15.3. The molecule has 0 bridgehead atoms. The molecule has 1 heterocycles. The van der Waals surface area contributed by atoms with Crippen molar-refractivity contribution in [3.8, 4) is 0 Å². The van der Waals surface area contributed by atoms with Gasteiger partial charge < -0.3 is 5.32 Å². The lowest BCUT2D eigenvalue weighted by molar-refractivity contribution is -0.137. The Morgan fingerprint density at radius 3 is 2.28 bits per heavy atom. The Morgan fingerprint density at radius 1 is 1.17 bits per heavy atom. The molecule has 2 atom stereocenters. The molecule has 1 aromatic rings. The highest BCUT2D eigenvalue weighted by atomic mass is 35.5. The predicted molar refractivity (Wildman–Crippen MR) is 68.1 cm³/mol. The Morgan fingerprint density at radius 2 is 1.78 bits per heavy atom. The largest absolute Gasteiger partial charge is 0.416 e. The number of alkyl halides is 3. The first-order chi connectivity index (χ1) is 7.97. The molecule has 1 aliphatic heterocycles. The van der Waals surface area contributed by atoms with E-state index in [1.165, 1.54) is 12.1 Å². The highest BCUT2D eigenvalue weighted by Crippen LogP contribution is 2.32. The summed E-state index contributed by atoms with van der Waals surface area (Å²) in [5, 5.41) is 3.34. The predicted octanol–water partition coefficient (Wildman–Crippen LogP) is 3.98. The lowest BCUT2D eigenvalue weighted by atomic mass is 9.86. The van der Waals surface area contributed by atoms with Gasteiger partial charge in [-0.05, 0) is 49.9 Å². The lowest BCUT2D eigenvalue weighted by Gasteiger charge is -2.28. The van der Waals surface area contributed by atoms with Crippen LogP contribution in [0.25, 0.3) is 0 Å². The summed E-state index contributed by atoms with van der Waals surface area (Å²) in [5.74, 6) is 0.383. The third-order valence-electron chi connectivity index (χ3n) is 3.33. The summed E-state index contributed by atoms with van der Waals surface area (Å²) < 4.78 is 37.2. The van der Waals surface area contributed by atoms with E-state index in [1.807, 2.05) is 0 Å². The number of halogens is 4. The van der Waals surface area contributed by atoms with E-state index >= 15 is 0 Å². The number of piperidine rings is 1. The average molecular weight is 280 g/mol. The number of benzene rings is 1. The first-order valence-corrected chi connectivity index (χ1v) is 5.87. The summed E-state index contributed by atoms with van der Waals surface area (Å²) in [7, 11) is 0. The number of rotatable bonds is 1. The quantitative estimate of drug-likeness (QED) is 0.820. The fraction of sp³-hybridized carbons (Fsp3) is 0.538. The van der Waals surface area contributed by atoms with Gasteiger partial charge >= 0.3 is 6.18 Å². The summed E-state index contributed by atoms with van der Waals surface area (Å²) >= 11 is 0. The molecule has 1 fully saturated rings. The molecule has 1 nitrogen and oxygen atoms in total. The van der Waals surface area contributed by atoms with Crippen LogP contribution in [0.4, 0.5) is 13.2 Å². The van der Waals surface area contributed by atoms with Crippen LogP contribution in [-0.4, -0.2) is 12.6 Å². The van der Waals surface area contributed by atoms with Crippen LogP contribution in [0.15, 0.2) is 24.3 Å². The molecule has 0 radical (unpaired) electrons. The SMILES string of the molecule is C[C@@H]1C[C@H](c2ccc(C(F)(F)F)cc2)CCN1.Cl. The first-order valence-electron chi connectivity index (χ1n) is 5.87. The van der Waals surface area contributed by atoms with Crippen molar-refractivity contribution in [2.45, 2.75) is 37.9 Å². The maximum atomic E-state index is 12.4. The van der Waals surface area contributed by atoms with Gasteiger partial charge in [0.25, 0.3) is 0 Å². The average Bonchev–Trinajstić information content (AvgIpc) is 2.28. The third kappa shape index (κ3) is 3.62. The van der Waals surface area contributed by atoms with Crippen LogP contribution in [0.1, 0.15) is 36.8 Å². The number of nitrogens with one attached hydrogen (secondary N) is 1. The molecule has 5 heteroatoms. The topological polar surface area (TPSA) is 12.0 Å². The van der Waals surface area contributed by atoms with Gasteiger partial charge in [-0.3, -0.25) is 0 Å². The molecule has 0 spiro atoms. The van der Waals surface area contributed by atoms with Crippen molar-refractivity contribution in [1.29, 1.82) is 0 Å². The van der Waals surface area contributed by atoms with Gasteiger partial charge in [-0.15, -0.1) is 12.4 Å². The molecule has 1 N–H and O–H groups in total. The van der Waals surface area contributed by atoms with E-state index in [0.29, 0.717) is 12.0 Å². The smallest absolute Gasteiger partial charge is 0.314 e. The third-order valence-corrected chi connectivity index (χ3v) is 3.33. The summed E-state index contributed by atoms with van der Waals surface area (Å²) in [6, 6.07) is 6.04. The van der Waals surface area contributed by atoms with Crippen molar-refractivity contribution in [1.82, 2.24) is 5.32 Å². The molecule has 1 aromatic carbocycles.